The topological polar surface area (TPSA) is 102 Å². The minimum atomic E-state index is -3.15. The maximum absolute atomic E-state index is 12.0. The molecule has 0 aromatic carbocycles. The van der Waals surface area contributed by atoms with E-state index in [1.54, 1.807) is 4.57 Å². The first kappa shape index (κ1) is 12.6. The van der Waals surface area contributed by atoms with Gasteiger partial charge in [-0.05, 0) is 19.3 Å². The summed E-state index contributed by atoms with van der Waals surface area (Å²) in [5.41, 5.74) is 0. The number of rotatable bonds is 2. The Bertz CT molecular complexity index is 622. The van der Waals surface area contributed by atoms with Gasteiger partial charge in [0.15, 0.2) is 15.7 Å². The summed E-state index contributed by atoms with van der Waals surface area (Å²) in [4.78, 5) is 11.1. The molecule has 3 heterocycles. The predicted octanol–water partition coefficient (Wildman–Crippen LogP) is 0.175. The van der Waals surface area contributed by atoms with Gasteiger partial charge in [0.05, 0.1) is 11.7 Å². The summed E-state index contributed by atoms with van der Waals surface area (Å²) in [7, 11) is -3.15. The van der Waals surface area contributed by atoms with Crippen LogP contribution in [0, 0.1) is 5.92 Å². The van der Waals surface area contributed by atoms with Crippen LogP contribution in [0.25, 0.3) is 0 Å². The van der Waals surface area contributed by atoms with Gasteiger partial charge in [-0.2, -0.15) is 0 Å². The van der Waals surface area contributed by atoms with Crippen molar-refractivity contribution in [2.45, 2.75) is 37.5 Å². The van der Waals surface area contributed by atoms with E-state index in [0.717, 1.165) is 0 Å². The van der Waals surface area contributed by atoms with Crippen molar-refractivity contribution in [1.82, 2.24) is 14.8 Å². The fraction of sp³-hybridized carbons (Fsp3) is 0.727. The van der Waals surface area contributed by atoms with Crippen LogP contribution in [0.2, 0.25) is 0 Å². The summed E-state index contributed by atoms with van der Waals surface area (Å²) in [6, 6.07) is 0. The van der Waals surface area contributed by atoms with Crippen LogP contribution < -0.4 is 0 Å². The monoisotopic (exact) mass is 285 g/mol. The number of hydrogen-bond acceptors (Lipinski definition) is 5. The molecule has 0 amide bonds. The van der Waals surface area contributed by atoms with Gasteiger partial charge >= 0.3 is 5.97 Å². The molecule has 2 aliphatic rings. The summed E-state index contributed by atoms with van der Waals surface area (Å²) in [5, 5.41) is 16.5. The zero-order valence-electron chi connectivity index (χ0n) is 10.3. The summed E-state index contributed by atoms with van der Waals surface area (Å²) in [6.45, 7) is 0.277. The van der Waals surface area contributed by atoms with E-state index in [9.17, 15) is 13.2 Å². The Hall–Kier alpha value is -1.44. The van der Waals surface area contributed by atoms with Crippen molar-refractivity contribution in [2.75, 3.05) is 5.75 Å². The molecule has 0 aliphatic carbocycles. The number of carboxylic acids is 1. The number of aryl methyl sites for hydroxylation is 1. The zero-order valence-corrected chi connectivity index (χ0v) is 11.1. The second kappa shape index (κ2) is 4.29. The molecule has 2 atom stereocenters. The lowest BCUT2D eigenvalue weighted by molar-refractivity contribution is -0.142. The molecule has 7 nitrogen and oxygen atoms in total. The Morgan fingerprint density at radius 1 is 1.32 bits per heavy atom. The van der Waals surface area contributed by atoms with Gasteiger partial charge in [-0.25, -0.2) is 8.42 Å². The molecule has 3 rings (SSSR count). The molecule has 1 fully saturated rings. The third-order valence-corrected chi connectivity index (χ3v) is 6.11. The predicted molar refractivity (Wildman–Crippen MR) is 65.2 cm³/mol. The lowest BCUT2D eigenvalue weighted by atomic mass is 9.99. The lowest BCUT2D eigenvalue weighted by Gasteiger charge is -2.22. The molecule has 1 N–H and O–H groups in total. The quantitative estimate of drug-likeness (QED) is 0.831. The smallest absolute Gasteiger partial charge is 0.308 e. The molecule has 2 aliphatic heterocycles. The highest BCUT2D eigenvalue weighted by Crippen LogP contribution is 2.35. The van der Waals surface area contributed by atoms with Gasteiger partial charge in [-0.1, -0.05) is 0 Å². The third kappa shape index (κ3) is 2.03. The molecule has 8 heteroatoms. The molecule has 1 aromatic heterocycles. The molecule has 19 heavy (non-hydrogen) atoms. The number of nitrogens with zero attached hydrogens (tertiary/aromatic N) is 3. The average molecular weight is 285 g/mol. The van der Waals surface area contributed by atoms with Crippen LogP contribution >= 0.6 is 0 Å². The van der Waals surface area contributed by atoms with E-state index in [0.29, 0.717) is 37.3 Å². The maximum Gasteiger partial charge on any atom is 0.308 e. The Morgan fingerprint density at radius 3 is 2.74 bits per heavy atom. The van der Waals surface area contributed by atoms with Crippen molar-refractivity contribution in [2.24, 2.45) is 5.92 Å². The molecule has 0 spiro atoms. The number of hydrogen-bond donors (Lipinski definition) is 1. The van der Waals surface area contributed by atoms with Crippen molar-refractivity contribution < 1.29 is 18.3 Å². The second-order valence-corrected chi connectivity index (χ2v) is 7.46. The minimum absolute atomic E-state index is 0.183. The van der Waals surface area contributed by atoms with E-state index in [-0.39, 0.29) is 12.3 Å². The third-order valence-electron chi connectivity index (χ3n) is 3.94. The highest BCUT2D eigenvalue weighted by molar-refractivity contribution is 7.91. The highest BCUT2D eigenvalue weighted by atomic mass is 32.2. The summed E-state index contributed by atoms with van der Waals surface area (Å²) in [5.74, 6) is -0.0126. The molecule has 2 unspecified atom stereocenters. The number of aliphatic carboxylic acids is 1. The van der Waals surface area contributed by atoms with Crippen LogP contribution in [0.15, 0.2) is 0 Å². The minimum Gasteiger partial charge on any atom is -0.481 e. The van der Waals surface area contributed by atoms with Crippen LogP contribution in [-0.4, -0.2) is 40.0 Å². The number of sulfone groups is 1. The van der Waals surface area contributed by atoms with Gasteiger partial charge in [0, 0.05) is 13.0 Å². The summed E-state index contributed by atoms with van der Waals surface area (Å²) >= 11 is 0. The number of fused-ring (bicyclic) bond motifs is 1. The van der Waals surface area contributed by atoms with Gasteiger partial charge < -0.3 is 9.67 Å². The number of carbonyl (C=O) groups is 1. The van der Waals surface area contributed by atoms with E-state index in [1.807, 2.05) is 0 Å². The summed E-state index contributed by atoms with van der Waals surface area (Å²) in [6.07, 6.45) is 2.26. The van der Waals surface area contributed by atoms with Crippen LogP contribution in [0.3, 0.4) is 0 Å². The lowest BCUT2D eigenvalue weighted by Crippen LogP contribution is -2.28. The molecule has 0 bridgehead atoms. The fourth-order valence-electron chi connectivity index (χ4n) is 2.87. The first-order valence-corrected chi connectivity index (χ1v) is 8.07. The van der Waals surface area contributed by atoms with Crippen molar-refractivity contribution >= 4 is 15.8 Å². The largest absolute Gasteiger partial charge is 0.481 e. The van der Waals surface area contributed by atoms with Crippen LogP contribution in [-0.2, 0) is 27.6 Å². The van der Waals surface area contributed by atoms with Crippen molar-refractivity contribution in [3.05, 3.63) is 11.6 Å². The fourth-order valence-corrected chi connectivity index (χ4v) is 4.74. The molecule has 0 radical (unpaired) electrons. The van der Waals surface area contributed by atoms with Gasteiger partial charge in [-0.15, -0.1) is 10.2 Å². The molecule has 104 valence electrons. The molecule has 1 saturated heterocycles. The molecule has 0 saturated carbocycles. The Morgan fingerprint density at radius 2 is 2.11 bits per heavy atom. The molecular weight excluding hydrogens is 270 g/mol. The first-order valence-electron chi connectivity index (χ1n) is 6.35. The van der Waals surface area contributed by atoms with E-state index in [4.69, 9.17) is 5.11 Å². The van der Waals surface area contributed by atoms with Gasteiger partial charge in [0.25, 0.3) is 0 Å². The highest BCUT2D eigenvalue weighted by Gasteiger charge is 2.38. The van der Waals surface area contributed by atoms with Crippen molar-refractivity contribution in [3.8, 4) is 0 Å². The average Bonchev–Trinajstić information content (AvgIpc) is 2.90. The normalized spacial score (nSPS) is 29.1. The van der Waals surface area contributed by atoms with E-state index in [1.165, 1.54) is 0 Å². The standard InChI is InChI=1S/C11H15N3O4S/c15-11(16)7-3-4-9-12-13-10(14(9)6-7)8-2-1-5-19(8,17)18/h7-8H,1-6H2,(H,15,16). The molecule has 1 aromatic rings. The zero-order chi connectivity index (χ0) is 13.6. The Labute approximate surface area is 110 Å². The van der Waals surface area contributed by atoms with E-state index >= 15 is 0 Å². The Kier molecular flexibility index (Phi) is 2.84. The number of aromatic nitrogens is 3. The van der Waals surface area contributed by atoms with Crippen molar-refractivity contribution in [1.29, 1.82) is 0 Å². The van der Waals surface area contributed by atoms with Crippen LogP contribution in [0.5, 0.6) is 0 Å². The van der Waals surface area contributed by atoms with E-state index < -0.39 is 27.0 Å². The molecular formula is C11H15N3O4S. The van der Waals surface area contributed by atoms with Crippen LogP contribution in [0.4, 0.5) is 0 Å². The first-order chi connectivity index (χ1) is 8.99. The van der Waals surface area contributed by atoms with E-state index in [2.05, 4.69) is 10.2 Å². The second-order valence-electron chi connectivity index (χ2n) is 5.16. The Balaban J connectivity index is 1.98. The van der Waals surface area contributed by atoms with Gasteiger partial charge in [0.1, 0.15) is 11.1 Å². The maximum atomic E-state index is 12.0. The van der Waals surface area contributed by atoms with Crippen LogP contribution in [0.1, 0.15) is 36.2 Å². The van der Waals surface area contributed by atoms with Gasteiger partial charge in [-0.3, -0.25) is 4.79 Å². The van der Waals surface area contributed by atoms with Crippen molar-refractivity contribution in [3.63, 3.8) is 0 Å². The summed E-state index contributed by atoms with van der Waals surface area (Å²) < 4.78 is 25.6. The number of carboxylic acid groups (broad SMARTS) is 1. The SMILES string of the molecule is O=C(O)C1CCc2nnc(C3CCCS3(=O)=O)n2C1. The van der Waals surface area contributed by atoms with Gasteiger partial charge in [0.2, 0.25) is 0 Å².